The van der Waals surface area contributed by atoms with Gasteiger partial charge in [-0.3, -0.25) is 37.3 Å². The number of hydrogen-bond donors (Lipinski definition) is 3. The zero-order valence-corrected chi connectivity index (χ0v) is 60.6. The lowest BCUT2D eigenvalue weighted by atomic mass is 10.00. The molecular formula is C71H138O17P2. The van der Waals surface area contributed by atoms with Crippen molar-refractivity contribution >= 4 is 39.5 Å². The van der Waals surface area contributed by atoms with E-state index in [2.05, 4.69) is 55.4 Å². The molecule has 0 aromatic carbocycles. The second-order valence-corrected chi connectivity index (χ2v) is 30.2. The minimum Gasteiger partial charge on any atom is -0.462 e. The number of phosphoric ester groups is 2. The molecule has 3 unspecified atom stereocenters. The van der Waals surface area contributed by atoms with Crippen molar-refractivity contribution in [1.82, 2.24) is 0 Å². The molecule has 3 N–H and O–H groups in total. The number of rotatable bonds is 68. The number of aliphatic hydroxyl groups excluding tert-OH is 1. The average molecular weight is 1330 g/mol. The summed E-state index contributed by atoms with van der Waals surface area (Å²) in [6.07, 6.45) is 43.6. The van der Waals surface area contributed by atoms with E-state index in [1.807, 2.05) is 0 Å². The summed E-state index contributed by atoms with van der Waals surface area (Å²) < 4.78 is 68.2. The van der Waals surface area contributed by atoms with Crippen LogP contribution in [0.15, 0.2) is 0 Å². The van der Waals surface area contributed by atoms with Crippen LogP contribution in [0.4, 0.5) is 0 Å². The van der Waals surface area contributed by atoms with Gasteiger partial charge >= 0.3 is 39.5 Å². The van der Waals surface area contributed by atoms with E-state index < -0.39 is 97.5 Å². The van der Waals surface area contributed by atoms with Gasteiger partial charge in [0.2, 0.25) is 0 Å². The van der Waals surface area contributed by atoms with Gasteiger partial charge in [0.15, 0.2) is 12.2 Å². The van der Waals surface area contributed by atoms with Gasteiger partial charge in [0.1, 0.15) is 19.3 Å². The maximum Gasteiger partial charge on any atom is 0.472 e. The molecule has 0 heterocycles. The fourth-order valence-electron chi connectivity index (χ4n) is 10.6. The Labute approximate surface area is 549 Å². The number of phosphoric acid groups is 2. The Morgan fingerprint density at radius 2 is 0.533 bits per heavy atom. The van der Waals surface area contributed by atoms with Crippen molar-refractivity contribution in [3.05, 3.63) is 0 Å². The Balaban J connectivity index is 5.12. The van der Waals surface area contributed by atoms with E-state index in [1.165, 1.54) is 148 Å². The number of carbonyl (C=O) groups is 4. The summed E-state index contributed by atoms with van der Waals surface area (Å²) in [5.74, 6) is 0.782. The minimum atomic E-state index is -4.95. The quantitative estimate of drug-likeness (QED) is 0.0222. The Hall–Kier alpha value is -1.94. The van der Waals surface area contributed by atoms with Crippen LogP contribution in [0.1, 0.15) is 351 Å². The molecule has 0 aliphatic rings. The topological polar surface area (TPSA) is 237 Å². The number of carbonyl (C=O) groups excluding carboxylic acids is 4. The molecule has 0 aromatic heterocycles. The molecular weight excluding hydrogens is 1190 g/mol. The Morgan fingerprint density at radius 3 is 0.789 bits per heavy atom. The summed E-state index contributed by atoms with van der Waals surface area (Å²) in [7, 11) is -9.90. The third kappa shape index (κ3) is 63.5. The summed E-state index contributed by atoms with van der Waals surface area (Å²) >= 11 is 0. The van der Waals surface area contributed by atoms with Crippen LogP contribution in [0.2, 0.25) is 0 Å². The highest BCUT2D eigenvalue weighted by Gasteiger charge is 2.30. The van der Waals surface area contributed by atoms with Gasteiger partial charge in [-0.15, -0.1) is 0 Å². The van der Waals surface area contributed by atoms with Crippen LogP contribution in [0, 0.1) is 23.7 Å². The van der Waals surface area contributed by atoms with E-state index in [0.29, 0.717) is 37.5 Å². The van der Waals surface area contributed by atoms with Crippen molar-refractivity contribution in [2.24, 2.45) is 23.7 Å². The standard InChI is InChI=1S/C71H138O17P2/c1-9-64(8)50-42-34-28-30-38-46-54-71(76)88-67(57-81-68(73)51-43-35-25-21-19-17-15-13-11-10-12-14-16-18-20-23-31-39-47-61(2)3)60-86-90(79,80)84-56-65(72)55-83-89(77,78)85-59-66(58-82-69(74)52-44-36-29-27-33-41-49-63(6)7)87-70(75)53-45-37-26-22-24-32-40-48-62(4)5/h61-67,72H,9-60H2,1-8H3,(H,77,78)(H,79,80)/t64?,65-,66+,67+/m0/s1. The van der Waals surface area contributed by atoms with Gasteiger partial charge in [0.05, 0.1) is 26.4 Å². The smallest absolute Gasteiger partial charge is 0.462 e. The van der Waals surface area contributed by atoms with Gasteiger partial charge in [-0.25, -0.2) is 9.13 Å². The molecule has 0 spiro atoms. The van der Waals surface area contributed by atoms with Crippen molar-refractivity contribution < 1.29 is 80.2 Å². The minimum absolute atomic E-state index is 0.102. The molecule has 0 bridgehead atoms. The summed E-state index contributed by atoms with van der Waals surface area (Å²) in [6, 6.07) is 0. The zero-order chi connectivity index (χ0) is 66.8. The number of ether oxygens (including phenoxy) is 4. The maximum atomic E-state index is 13.0. The highest BCUT2D eigenvalue weighted by Crippen LogP contribution is 2.45. The first-order chi connectivity index (χ1) is 43.1. The normalized spacial score (nSPS) is 14.6. The molecule has 0 fully saturated rings. The summed E-state index contributed by atoms with van der Waals surface area (Å²) in [5, 5.41) is 10.6. The van der Waals surface area contributed by atoms with Gasteiger partial charge in [0.25, 0.3) is 0 Å². The third-order valence-electron chi connectivity index (χ3n) is 16.7. The summed E-state index contributed by atoms with van der Waals surface area (Å²) in [6.45, 7) is 14.0. The van der Waals surface area contributed by atoms with Gasteiger partial charge in [0, 0.05) is 25.7 Å². The molecule has 17 nitrogen and oxygen atoms in total. The monoisotopic (exact) mass is 1320 g/mol. The number of esters is 4. The van der Waals surface area contributed by atoms with Crippen LogP contribution in [-0.2, 0) is 65.4 Å². The van der Waals surface area contributed by atoms with Gasteiger partial charge in [-0.05, 0) is 49.4 Å². The van der Waals surface area contributed by atoms with Gasteiger partial charge in [-0.2, -0.15) is 0 Å². The maximum absolute atomic E-state index is 13.0. The largest absolute Gasteiger partial charge is 0.472 e. The van der Waals surface area contributed by atoms with E-state index in [9.17, 15) is 43.2 Å². The first kappa shape index (κ1) is 88.1. The second-order valence-electron chi connectivity index (χ2n) is 27.3. The fraction of sp³-hybridized carbons (Fsp3) is 0.944. The van der Waals surface area contributed by atoms with E-state index in [-0.39, 0.29) is 25.7 Å². The van der Waals surface area contributed by atoms with Gasteiger partial charge in [-0.1, -0.05) is 299 Å². The van der Waals surface area contributed by atoms with Crippen LogP contribution in [0.5, 0.6) is 0 Å². The summed E-state index contributed by atoms with van der Waals surface area (Å²) in [4.78, 5) is 72.4. The van der Waals surface area contributed by atoms with E-state index in [1.54, 1.807) is 0 Å². The molecule has 0 saturated heterocycles. The molecule has 6 atom stereocenters. The molecule has 0 rings (SSSR count). The predicted molar refractivity (Wildman–Crippen MR) is 363 cm³/mol. The number of unbranched alkanes of at least 4 members (excludes halogenated alkanes) is 33. The molecule has 0 radical (unpaired) electrons. The summed E-state index contributed by atoms with van der Waals surface area (Å²) in [5.41, 5.74) is 0. The van der Waals surface area contributed by atoms with Crippen LogP contribution < -0.4 is 0 Å². The van der Waals surface area contributed by atoms with Crippen molar-refractivity contribution in [3.8, 4) is 0 Å². The fourth-order valence-corrected chi connectivity index (χ4v) is 12.2. The molecule has 0 saturated carbocycles. The van der Waals surface area contributed by atoms with Crippen LogP contribution in [-0.4, -0.2) is 96.7 Å². The lowest BCUT2D eigenvalue weighted by molar-refractivity contribution is -0.161. The van der Waals surface area contributed by atoms with Crippen molar-refractivity contribution in [1.29, 1.82) is 0 Å². The molecule has 0 aliphatic heterocycles. The third-order valence-corrected chi connectivity index (χ3v) is 18.6. The molecule has 0 amide bonds. The SMILES string of the molecule is CCC(C)CCCCCCCCC(=O)O[C@H](COC(=O)CCCCCCCCCCCCCCCCCCCCC(C)C)COP(=O)(O)OC[C@@H](O)COP(=O)(O)OC[C@@H](COC(=O)CCCCCCCCC(C)C)OC(=O)CCCCCCCCCC(C)C. The van der Waals surface area contributed by atoms with Crippen molar-refractivity contribution in [2.45, 2.75) is 369 Å². The lowest BCUT2D eigenvalue weighted by Gasteiger charge is -2.21. The van der Waals surface area contributed by atoms with Crippen LogP contribution in [0.25, 0.3) is 0 Å². The van der Waals surface area contributed by atoms with Crippen LogP contribution in [0.3, 0.4) is 0 Å². The van der Waals surface area contributed by atoms with Gasteiger partial charge < -0.3 is 33.8 Å². The molecule has 0 aromatic rings. The highest BCUT2D eigenvalue weighted by atomic mass is 31.2. The Morgan fingerprint density at radius 1 is 0.311 bits per heavy atom. The van der Waals surface area contributed by atoms with E-state index in [0.717, 1.165) is 108 Å². The zero-order valence-electron chi connectivity index (χ0n) is 58.8. The highest BCUT2D eigenvalue weighted by molar-refractivity contribution is 7.47. The van der Waals surface area contributed by atoms with Crippen LogP contribution >= 0.6 is 15.6 Å². The van der Waals surface area contributed by atoms with E-state index in [4.69, 9.17) is 37.0 Å². The van der Waals surface area contributed by atoms with Crippen molar-refractivity contribution in [3.63, 3.8) is 0 Å². The molecule has 0 aliphatic carbocycles. The first-order valence-electron chi connectivity index (χ1n) is 36.7. The molecule has 534 valence electrons. The first-order valence-corrected chi connectivity index (χ1v) is 39.7. The molecule has 90 heavy (non-hydrogen) atoms. The second kappa shape index (κ2) is 60.7. The van der Waals surface area contributed by atoms with E-state index >= 15 is 0 Å². The predicted octanol–water partition coefficient (Wildman–Crippen LogP) is 20.1. The average Bonchev–Trinajstić information content (AvgIpc) is 3.15. The molecule has 19 heteroatoms. The Bertz CT molecular complexity index is 1780. The van der Waals surface area contributed by atoms with Crippen molar-refractivity contribution in [2.75, 3.05) is 39.6 Å². The Kier molecular flexibility index (Phi) is 59.4. The number of hydrogen-bond acceptors (Lipinski definition) is 15. The lowest BCUT2D eigenvalue weighted by Crippen LogP contribution is -2.30. The number of aliphatic hydroxyl groups is 1.